The summed E-state index contributed by atoms with van der Waals surface area (Å²) < 4.78 is 33.0. The van der Waals surface area contributed by atoms with Crippen LogP contribution in [0, 0.1) is 23.5 Å². The average Bonchev–Trinajstić information content (AvgIpc) is 3.74. The highest BCUT2D eigenvalue weighted by atomic mass is 19.1. The highest BCUT2D eigenvalue weighted by molar-refractivity contribution is 6.00. The van der Waals surface area contributed by atoms with E-state index >= 15 is 0 Å². The third kappa shape index (κ3) is 4.91. The number of methoxy groups -OCH3 is 1. The largest absolute Gasteiger partial charge is 0.467 e. The Kier molecular flexibility index (Phi) is 6.17. The fourth-order valence-corrected chi connectivity index (χ4v) is 4.99. The predicted molar refractivity (Wildman–Crippen MR) is 124 cm³/mol. The Hall–Kier alpha value is -3.50. The smallest absolute Gasteiger partial charge is 0.328 e. The average molecular weight is 503 g/mol. The van der Waals surface area contributed by atoms with Crippen LogP contribution in [0.2, 0.25) is 0 Å². The lowest BCUT2D eigenvalue weighted by Gasteiger charge is -2.23. The van der Waals surface area contributed by atoms with E-state index in [4.69, 9.17) is 4.74 Å². The third-order valence-corrected chi connectivity index (χ3v) is 7.39. The summed E-state index contributed by atoms with van der Waals surface area (Å²) in [6.45, 7) is 0. The van der Waals surface area contributed by atoms with Crippen molar-refractivity contribution in [3.8, 4) is 0 Å². The van der Waals surface area contributed by atoms with Gasteiger partial charge in [0.1, 0.15) is 29.4 Å². The van der Waals surface area contributed by atoms with Gasteiger partial charge in [0.15, 0.2) is 0 Å². The van der Waals surface area contributed by atoms with Crippen LogP contribution in [0.25, 0.3) is 10.9 Å². The summed E-state index contributed by atoms with van der Waals surface area (Å²) in [5, 5.41) is 8.19. The molecule has 1 aromatic carbocycles. The molecule has 1 aliphatic heterocycles. The number of nitrogens with one attached hydrogen (secondary N) is 4. The molecule has 3 amide bonds. The van der Waals surface area contributed by atoms with Crippen LogP contribution in [0.1, 0.15) is 55.4 Å². The van der Waals surface area contributed by atoms with Gasteiger partial charge in [-0.1, -0.05) is 12.8 Å². The molecule has 3 fully saturated rings. The molecule has 2 aromatic rings. The first-order valence-electron chi connectivity index (χ1n) is 12.2. The second-order valence-corrected chi connectivity index (χ2v) is 10.2. The maximum absolute atomic E-state index is 14.1. The summed E-state index contributed by atoms with van der Waals surface area (Å²) >= 11 is 0. The number of halogens is 2. The van der Waals surface area contributed by atoms with Crippen LogP contribution in [0.15, 0.2) is 18.2 Å². The first-order valence-corrected chi connectivity index (χ1v) is 12.2. The molecule has 5 rings (SSSR count). The number of aromatic amines is 1. The summed E-state index contributed by atoms with van der Waals surface area (Å²) in [5.74, 6) is -3.68. The summed E-state index contributed by atoms with van der Waals surface area (Å²) in [7, 11) is 1.20. The molecule has 2 aliphatic carbocycles. The molecule has 4 N–H and O–H groups in total. The molecule has 3 atom stereocenters. The van der Waals surface area contributed by atoms with Gasteiger partial charge >= 0.3 is 5.97 Å². The third-order valence-electron chi connectivity index (χ3n) is 7.39. The van der Waals surface area contributed by atoms with E-state index in [1.807, 2.05) is 0 Å². The summed E-state index contributed by atoms with van der Waals surface area (Å²) in [4.78, 5) is 53.5. The quantitative estimate of drug-likeness (QED) is 0.390. The summed E-state index contributed by atoms with van der Waals surface area (Å²) in [5.41, 5.74) is -0.408. The van der Waals surface area contributed by atoms with E-state index in [0.29, 0.717) is 12.8 Å². The molecule has 3 aliphatic rings. The number of amides is 3. The molecule has 0 bridgehead atoms. The van der Waals surface area contributed by atoms with Crippen molar-refractivity contribution in [1.82, 2.24) is 20.9 Å². The lowest BCUT2D eigenvalue weighted by Crippen LogP contribution is -2.52. The molecule has 9 nitrogen and oxygen atoms in total. The number of carbonyl (C=O) groups excluding carboxylic acids is 4. The van der Waals surface area contributed by atoms with Crippen molar-refractivity contribution in [2.75, 3.05) is 7.11 Å². The highest BCUT2D eigenvalue weighted by Crippen LogP contribution is 2.46. The summed E-state index contributed by atoms with van der Waals surface area (Å²) in [6.07, 6.45) is 4.67. The standard InChI is InChI=1S/C25H28F2N4O5/c1-36-24(35)19(9-13-11-25(6-7-25)31-21(13)32)30-22(33)17(8-12-2-3-12)29-23(34)18-10-14-15(26)4-5-16(27)20(14)28-18/h4-5,10,12-13,17,19,28H,2-3,6-9,11H2,1H3,(H,29,34)(H,30,33)(H,31,32)/t13-,17+,19+/m1/s1. The molecular weight excluding hydrogens is 474 g/mol. The molecule has 1 spiro atoms. The number of rotatable bonds is 9. The van der Waals surface area contributed by atoms with Gasteiger partial charge in [-0.05, 0) is 56.2 Å². The number of H-pyrrole nitrogens is 1. The molecule has 2 saturated carbocycles. The maximum Gasteiger partial charge on any atom is 0.328 e. The van der Waals surface area contributed by atoms with E-state index in [1.165, 1.54) is 13.2 Å². The van der Waals surface area contributed by atoms with Crippen LogP contribution in [-0.2, 0) is 19.1 Å². The molecule has 1 aromatic heterocycles. The fraction of sp³-hybridized carbons (Fsp3) is 0.520. The number of esters is 1. The molecule has 0 radical (unpaired) electrons. The predicted octanol–water partition coefficient (Wildman–Crippen LogP) is 2.06. The van der Waals surface area contributed by atoms with Crippen LogP contribution in [0.4, 0.5) is 8.78 Å². The van der Waals surface area contributed by atoms with E-state index < -0.39 is 47.4 Å². The van der Waals surface area contributed by atoms with E-state index in [9.17, 15) is 28.0 Å². The van der Waals surface area contributed by atoms with Gasteiger partial charge in [-0.2, -0.15) is 0 Å². The molecule has 2 heterocycles. The number of hydrogen-bond donors (Lipinski definition) is 4. The van der Waals surface area contributed by atoms with E-state index in [-0.39, 0.29) is 40.4 Å². The molecule has 36 heavy (non-hydrogen) atoms. The monoisotopic (exact) mass is 502 g/mol. The lowest BCUT2D eigenvalue weighted by molar-refractivity contribution is -0.146. The van der Waals surface area contributed by atoms with E-state index in [2.05, 4.69) is 20.9 Å². The minimum atomic E-state index is -1.05. The Labute approximate surface area is 205 Å². The van der Waals surface area contributed by atoms with Crippen molar-refractivity contribution >= 4 is 34.6 Å². The van der Waals surface area contributed by atoms with Gasteiger partial charge in [0, 0.05) is 16.8 Å². The number of hydrogen-bond acceptors (Lipinski definition) is 5. The van der Waals surface area contributed by atoms with E-state index in [0.717, 1.165) is 37.8 Å². The van der Waals surface area contributed by atoms with Gasteiger partial charge in [-0.3, -0.25) is 14.4 Å². The Morgan fingerprint density at radius 3 is 2.44 bits per heavy atom. The normalized spacial score (nSPS) is 21.6. The zero-order valence-electron chi connectivity index (χ0n) is 19.8. The van der Waals surface area contributed by atoms with Crippen molar-refractivity contribution in [3.63, 3.8) is 0 Å². The summed E-state index contributed by atoms with van der Waals surface area (Å²) in [6, 6.07) is 1.09. The lowest BCUT2D eigenvalue weighted by atomic mass is 9.95. The van der Waals surface area contributed by atoms with E-state index in [1.54, 1.807) is 0 Å². The van der Waals surface area contributed by atoms with Crippen molar-refractivity contribution in [3.05, 3.63) is 35.5 Å². The van der Waals surface area contributed by atoms with Crippen LogP contribution in [0.3, 0.4) is 0 Å². The van der Waals surface area contributed by atoms with Crippen molar-refractivity contribution in [1.29, 1.82) is 0 Å². The van der Waals surface area contributed by atoms with Crippen LogP contribution in [-0.4, -0.2) is 53.4 Å². The zero-order chi connectivity index (χ0) is 25.6. The minimum absolute atomic E-state index is 0.0719. The number of benzene rings is 1. The van der Waals surface area contributed by atoms with Gasteiger partial charge in [-0.15, -0.1) is 0 Å². The molecular formula is C25H28F2N4O5. The van der Waals surface area contributed by atoms with Crippen LogP contribution < -0.4 is 16.0 Å². The Balaban J connectivity index is 1.29. The second-order valence-electron chi connectivity index (χ2n) is 10.2. The molecule has 1 saturated heterocycles. The highest BCUT2D eigenvalue weighted by Gasteiger charge is 2.53. The maximum atomic E-state index is 14.1. The number of aromatic nitrogens is 1. The second kappa shape index (κ2) is 9.18. The topological polar surface area (TPSA) is 129 Å². The molecule has 192 valence electrons. The Bertz CT molecular complexity index is 1200. The first kappa shape index (κ1) is 24.2. The zero-order valence-corrected chi connectivity index (χ0v) is 19.8. The van der Waals surface area contributed by atoms with Crippen molar-refractivity contribution in [2.45, 2.75) is 62.6 Å². The van der Waals surface area contributed by atoms with Gasteiger partial charge in [0.25, 0.3) is 5.91 Å². The van der Waals surface area contributed by atoms with Gasteiger partial charge in [-0.25, -0.2) is 13.6 Å². The minimum Gasteiger partial charge on any atom is -0.467 e. The SMILES string of the molecule is COC(=O)[C@H](C[C@@H]1CC2(CC2)NC1=O)NC(=O)[C@H](CC1CC1)NC(=O)c1cc2c(F)ccc(F)c2[nH]1. The molecule has 0 unspecified atom stereocenters. The Morgan fingerprint density at radius 2 is 1.83 bits per heavy atom. The van der Waals surface area contributed by atoms with Crippen LogP contribution >= 0.6 is 0 Å². The van der Waals surface area contributed by atoms with Crippen molar-refractivity contribution < 1.29 is 32.7 Å². The number of fused-ring (bicyclic) bond motifs is 1. The van der Waals surface area contributed by atoms with Gasteiger partial charge < -0.3 is 25.7 Å². The number of ether oxygens (including phenoxy) is 1. The Morgan fingerprint density at radius 1 is 1.11 bits per heavy atom. The van der Waals surface area contributed by atoms with Crippen LogP contribution in [0.5, 0.6) is 0 Å². The van der Waals surface area contributed by atoms with Gasteiger partial charge in [0.2, 0.25) is 11.8 Å². The fourth-order valence-electron chi connectivity index (χ4n) is 4.99. The molecule has 11 heteroatoms. The number of carbonyl (C=O) groups is 4. The first-order chi connectivity index (χ1) is 17.2. The van der Waals surface area contributed by atoms with Crippen molar-refractivity contribution in [2.24, 2.45) is 11.8 Å². The van der Waals surface area contributed by atoms with Gasteiger partial charge in [0.05, 0.1) is 12.6 Å².